The quantitative estimate of drug-likeness (QED) is 0.0367. The second-order valence-corrected chi connectivity index (χ2v) is 11.4. The first-order valence-corrected chi connectivity index (χ1v) is 17.3. The molecule has 0 fully saturated rings. The maximum Gasteiger partial charge on any atom is 0.306 e. The molecule has 0 spiro atoms. The number of carbonyl (C=O) groups is 2. The van der Waals surface area contributed by atoms with Crippen LogP contribution in [0.15, 0.2) is 48.6 Å². The zero-order valence-electron chi connectivity index (χ0n) is 27.6. The third kappa shape index (κ3) is 31.1. The molecule has 0 radical (unpaired) electrons. The van der Waals surface area contributed by atoms with E-state index in [1.165, 1.54) is 70.6 Å². The van der Waals surface area contributed by atoms with Gasteiger partial charge in [-0.2, -0.15) is 0 Å². The van der Waals surface area contributed by atoms with Gasteiger partial charge < -0.3 is 19.7 Å². The first-order valence-electron chi connectivity index (χ1n) is 17.3. The summed E-state index contributed by atoms with van der Waals surface area (Å²) in [7, 11) is 0. The average Bonchev–Trinajstić information content (AvgIpc) is 3.00. The first kappa shape index (κ1) is 40.8. The van der Waals surface area contributed by atoms with Crippen molar-refractivity contribution in [3.05, 3.63) is 48.6 Å². The molecule has 1 unspecified atom stereocenters. The Bertz CT molecular complexity index is 754. The summed E-state index contributed by atoms with van der Waals surface area (Å²) in [6.07, 6.45) is 36.2. The third-order valence-corrected chi connectivity index (χ3v) is 7.21. The molecule has 0 aliphatic rings. The number of ether oxygens (including phenoxy) is 2. The van der Waals surface area contributed by atoms with E-state index in [-0.39, 0.29) is 31.6 Å². The minimum atomic E-state index is -0.817. The number of hydrogen-bond donors (Lipinski definition) is 2. The molecular weight excluding hydrogens is 540 g/mol. The van der Waals surface area contributed by atoms with Crippen LogP contribution in [0.2, 0.25) is 0 Å². The summed E-state index contributed by atoms with van der Waals surface area (Å²) in [6.45, 7) is 3.95. The Balaban J connectivity index is 3.81. The van der Waals surface area contributed by atoms with Gasteiger partial charge in [-0.15, -0.1) is 0 Å². The molecule has 0 saturated carbocycles. The molecule has 2 atom stereocenters. The van der Waals surface area contributed by atoms with Gasteiger partial charge in [-0.25, -0.2) is 0 Å². The fourth-order valence-corrected chi connectivity index (χ4v) is 4.51. The van der Waals surface area contributed by atoms with Gasteiger partial charge in [0.05, 0.1) is 12.7 Å². The van der Waals surface area contributed by atoms with Crippen LogP contribution in [-0.4, -0.2) is 47.6 Å². The fraction of sp³-hybridized carbons (Fsp3) is 0.730. The topological polar surface area (TPSA) is 93.1 Å². The van der Waals surface area contributed by atoms with Crippen molar-refractivity contribution >= 4 is 11.9 Å². The molecule has 0 bridgehead atoms. The van der Waals surface area contributed by atoms with Crippen LogP contribution >= 0.6 is 0 Å². The van der Waals surface area contributed by atoms with Crippen molar-refractivity contribution in [3.63, 3.8) is 0 Å². The van der Waals surface area contributed by atoms with Gasteiger partial charge in [0.25, 0.3) is 0 Å². The van der Waals surface area contributed by atoms with Gasteiger partial charge in [-0.05, 0) is 44.9 Å². The Morgan fingerprint density at radius 2 is 1.23 bits per heavy atom. The van der Waals surface area contributed by atoms with Crippen molar-refractivity contribution in [1.29, 1.82) is 0 Å². The van der Waals surface area contributed by atoms with Gasteiger partial charge in [0.2, 0.25) is 0 Å². The normalized spacial score (nSPS) is 13.5. The largest absolute Gasteiger partial charge is 0.462 e. The molecule has 0 saturated heterocycles. The average molecular weight is 605 g/mol. The molecule has 6 nitrogen and oxygen atoms in total. The molecule has 0 aromatic heterocycles. The third-order valence-electron chi connectivity index (χ3n) is 7.21. The van der Waals surface area contributed by atoms with Crippen molar-refractivity contribution in [1.82, 2.24) is 0 Å². The zero-order chi connectivity index (χ0) is 31.6. The molecule has 43 heavy (non-hydrogen) atoms. The molecule has 2 N–H and O–H groups in total. The minimum absolute atomic E-state index is 0.126. The molecule has 0 aliphatic heterocycles. The van der Waals surface area contributed by atoms with Gasteiger partial charge in [0.1, 0.15) is 6.61 Å². The van der Waals surface area contributed by atoms with Crippen molar-refractivity contribution in [2.24, 2.45) is 0 Å². The first-order chi connectivity index (χ1) is 21.0. The molecule has 0 rings (SSSR count). The predicted octanol–water partition coefficient (Wildman–Crippen LogP) is 9.25. The number of carbonyl (C=O) groups excluding carboxylic acids is 2. The summed E-state index contributed by atoms with van der Waals surface area (Å²) in [4.78, 5) is 24.1. The van der Waals surface area contributed by atoms with E-state index in [2.05, 4.69) is 32.1 Å². The van der Waals surface area contributed by atoms with E-state index < -0.39 is 12.2 Å². The lowest BCUT2D eigenvalue weighted by atomic mass is 10.1. The number of hydrogen-bond acceptors (Lipinski definition) is 6. The Kier molecular flexibility index (Phi) is 31.1. The summed E-state index contributed by atoms with van der Waals surface area (Å²) >= 11 is 0. The van der Waals surface area contributed by atoms with Crippen LogP contribution in [0.4, 0.5) is 0 Å². The van der Waals surface area contributed by atoms with Gasteiger partial charge in [0.15, 0.2) is 6.10 Å². The number of aliphatic hydroxyl groups excluding tert-OH is 2. The number of aliphatic hydroxyl groups is 2. The van der Waals surface area contributed by atoms with Crippen LogP contribution in [-0.2, 0) is 19.1 Å². The molecule has 0 aromatic carbocycles. The summed E-state index contributed by atoms with van der Waals surface area (Å²) in [5.74, 6) is -0.725. The summed E-state index contributed by atoms with van der Waals surface area (Å²) in [5.41, 5.74) is 0. The van der Waals surface area contributed by atoms with E-state index >= 15 is 0 Å². The Labute approximate surface area is 263 Å². The molecule has 248 valence electrons. The van der Waals surface area contributed by atoms with Crippen molar-refractivity contribution in [3.8, 4) is 0 Å². The van der Waals surface area contributed by atoms with Gasteiger partial charge in [-0.3, -0.25) is 9.59 Å². The van der Waals surface area contributed by atoms with E-state index in [0.29, 0.717) is 25.7 Å². The molecular formula is C37H64O6. The lowest BCUT2D eigenvalue weighted by Crippen LogP contribution is -2.28. The maximum absolute atomic E-state index is 12.1. The highest BCUT2D eigenvalue weighted by Gasteiger charge is 2.16. The molecule has 6 heteroatoms. The van der Waals surface area contributed by atoms with Crippen LogP contribution < -0.4 is 0 Å². The van der Waals surface area contributed by atoms with Crippen LogP contribution in [0, 0.1) is 0 Å². The van der Waals surface area contributed by atoms with Crippen LogP contribution in [0.25, 0.3) is 0 Å². The summed E-state index contributed by atoms with van der Waals surface area (Å²) in [5, 5.41) is 19.5. The Morgan fingerprint density at radius 3 is 1.91 bits per heavy atom. The highest BCUT2D eigenvalue weighted by atomic mass is 16.6. The number of allylic oxidation sites excluding steroid dienone is 6. The van der Waals surface area contributed by atoms with Gasteiger partial charge in [0, 0.05) is 12.8 Å². The number of unbranched alkanes of at least 4 members (excludes halogenated alkanes) is 14. The monoisotopic (exact) mass is 604 g/mol. The van der Waals surface area contributed by atoms with Gasteiger partial charge >= 0.3 is 11.9 Å². The van der Waals surface area contributed by atoms with E-state index in [1.807, 2.05) is 24.3 Å². The summed E-state index contributed by atoms with van der Waals surface area (Å²) in [6, 6.07) is 0. The highest BCUT2D eigenvalue weighted by molar-refractivity contribution is 5.70. The molecule has 0 amide bonds. The lowest BCUT2D eigenvalue weighted by Gasteiger charge is -2.15. The van der Waals surface area contributed by atoms with Crippen molar-refractivity contribution < 1.29 is 29.3 Å². The van der Waals surface area contributed by atoms with Gasteiger partial charge in [-0.1, -0.05) is 140 Å². The lowest BCUT2D eigenvalue weighted by molar-refractivity contribution is -0.161. The Morgan fingerprint density at radius 1 is 0.651 bits per heavy atom. The van der Waals surface area contributed by atoms with Crippen molar-refractivity contribution in [2.75, 3.05) is 13.2 Å². The molecule has 0 aromatic rings. The number of rotatable bonds is 30. The maximum atomic E-state index is 12.1. The highest BCUT2D eigenvalue weighted by Crippen LogP contribution is 2.12. The van der Waals surface area contributed by atoms with Crippen LogP contribution in [0.3, 0.4) is 0 Å². The second-order valence-electron chi connectivity index (χ2n) is 11.4. The fourth-order valence-electron chi connectivity index (χ4n) is 4.51. The predicted molar refractivity (Wildman–Crippen MR) is 179 cm³/mol. The van der Waals surface area contributed by atoms with Crippen molar-refractivity contribution in [2.45, 2.75) is 161 Å². The number of esters is 2. The van der Waals surface area contributed by atoms with E-state index in [1.54, 1.807) is 6.08 Å². The van der Waals surface area contributed by atoms with E-state index in [9.17, 15) is 19.8 Å². The SMILES string of the molecule is CCCCC/C=C\C/C=C\CC(O)/C=C\C=C\CCCC(=O)OC[C@H](CO)OC(=O)CCCCCCCCCCCCC. The Hall–Kier alpha value is -2.18. The molecule has 0 heterocycles. The minimum Gasteiger partial charge on any atom is -0.462 e. The van der Waals surface area contributed by atoms with Crippen LogP contribution in [0.1, 0.15) is 149 Å². The standard InChI is InChI=1S/C37H64O6/c1-3-5-7-9-11-13-14-16-18-22-27-31-37(41)43-35(32-38)33-42-36(40)30-26-23-19-21-25-29-34(39)28-24-20-17-15-12-10-8-6-4-2/h12,15,19-21,24-25,29,34-35,38-39H,3-11,13-14,16-18,22-23,26-28,30-33H2,1-2H3/b15-12-,21-19+,24-20-,29-25-/t34?,35-/m0/s1. The smallest absolute Gasteiger partial charge is 0.306 e. The second kappa shape index (κ2) is 32.7. The van der Waals surface area contributed by atoms with E-state index in [0.717, 1.165) is 32.1 Å². The zero-order valence-corrected chi connectivity index (χ0v) is 27.6. The summed E-state index contributed by atoms with van der Waals surface area (Å²) < 4.78 is 10.5. The molecule has 0 aliphatic carbocycles. The van der Waals surface area contributed by atoms with Crippen LogP contribution in [0.5, 0.6) is 0 Å². The van der Waals surface area contributed by atoms with E-state index in [4.69, 9.17) is 9.47 Å².